The summed E-state index contributed by atoms with van der Waals surface area (Å²) < 4.78 is 1.76. The van der Waals surface area contributed by atoms with Gasteiger partial charge in [0.25, 0.3) is 0 Å². The molecule has 0 saturated heterocycles. The van der Waals surface area contributed by atoms with E-state index in [-0.39, 0.29) is 5.78 Å². The molecule has 0 bridgehead atoms. The summed E-state index contributed by atoms with van der Waals surface area (Å²) in [6.45, 7) is 3.57. The summed E-state index contributed by atoms with van der Waals surface area (Å²) in [6, 6.07) is 7.70. The molecular formula is C13H13ClN2OS. The van der Waals surface area contributed by atoms with Crippen molar-refractivity contribution in [1.29, 1.82) is 0 Å². The van der Waals surface area contributed by atoms with Crippen molar-refractivity contribution in [2.24, 2.45) is 0 Å². The third-order valence-electron chi connectivity index (χ3n) is 2.36. The Kier molecular flexibility index (Phi) is 4.09. The number of halogens is 1. The minimum Gasteiger partial charge on any atom is -0.299 e. The highest BCUT2D eigenvalue weighted by Gasteiger charge is 2.09. The standard InChI is InChI=1S/C13H13ClN2OS/c1-9-3-4-12(11(14)7-9)16-13(5-6-15-16)18-8-10(2)17/h3-7H,8H2,1-2H3. The van der Waals surface area contributed by atoms with Gasteiger partial charge in [0.15, 0.2) is 0 Å². The highest BCUT2D eigenvalue weighted by molar-refractivity contribution is 7.99. The topological polar surface area (TPSA) is 34.9 Å². The van der Waals surface area contributed by atoms with Crippen LogP contribution in [-0.2, 0) is 4.79 Å². The van der Waals surface area contributed by atoms with Crippen LogP contribution in [-0.4, -0.2) is 21.3 Å². The maximum atomic E-state index is 11.0. The summed E-state index contributed by atoms with van der Waals surface area (Å²) >= 11 is 7.68. The first-order valence-electron chi connectivity index (χ1n) is 5.50. The number of ketones is 1. The Labute approximate surface area is 115 Å². The van der Waals surface area contributed by atoms with Crippen LogP contribution in [0.1, 0.15) is 12.5 Å². The summed E-state index contributed by atoms with van der Waals surface area (Å²) in [5.74, 6) is 0.581. The van der Waals surface area contributed by atoms with Crippen LogP contribution < -0.4 is 0 Å². The number of hydrogen-bond donors (Lipinski definition) is 0. The van der Waals surface area contributed by atoms with E-state index in [9.17, 15) is 4.79 Å². The fourth-order valence-electron chi connectivity index (χ4n) is 1.54. The normalized spacial score (nSPS) is 10.6. The van der Waals surface area contributed by atoms with Crippen LogP contribution in [0.2, 0.25) is 5.02 Å². The zero-order chi connectivity index (χ0) is 13.1. The van der Waals surface area contributed by atoms with Crippen LogP contribution in [0.15, 0.2) is 35.5 Å². The number of benzene rings is 1. The largest absolute Gasteiger partial charge is 0.299 e. The molecule has 0 saturated carbocycles. The van der Waals surface area contributed by atoms with E-state index in [2.05, 4.69) is 5.10 Å². The van der Waals surface area contributed by atoms with E-state index in [0.29, 0.717) is 10.8 Å². The molecule has 2 rings (SSSR count). The van der Waals surface area contributed by atoms with Crippen LogP contribution in [0, 0.1) is 6.92 Å². The van der Waals surface area contributed by atoms with Gasteiger partial charge in [0.1, 0.15) is 10.8 Å². The summed E-state index contributed by atoms with van der Waals surface area (Å²) in [7, 11) is 0. The molecule has 1 aromatic carbocycles. The molecule has 1 heterocycles. The highest BCUT2D eigenvalue weighted by Crippen LogP contribution is 2.26. The van der Waals surface area contributed by atoms with Gasteiger partial charge in [0.2, 0.25) is 0 Å². The Balaban J connectivity index is 2.33. The van der Waals surface area contributed by atoms with E-state index in [1.807, 2.05) is 31.2 Å². The molecule has 0 atom stereocenters. The van der Waals surface area contributed by atoms with Gasteiger partial charge in [-0.2, -0.15) is 5.10 Å². The van der Waals surface area contributed by atoms with E-state index in [1.54, 1.807) is 17.8 Å². The molecule has 3 nitrogen and oxygen atoms in total. The van der Waals surface area contributed by atoms with Gasteiger partial charge >= 0.3 is 0 Å². The number of carbonyl (C=O) groups excluding carboxylic acids is 1. The molecule has 1 aromatic heterocycles. The van der Waals surface area contributed by atoms with Gasteiger partial charge in [-0.15, -0.1) is 0 Å². The summed E-state index contributed by atoms with van der Waals surface area (Å²) in [5.41, 5.74) is 1.94. The molecule has 0 unspecified atom stereocenters. The Morgan fingerprint density at radius 1 is 1.44 bits per heavy atom. The van der Waals surface area contributed by atoms with E-state index < -0.39 is 0 Å². The average molecular weight is 281 g/mol. The minimum absolute atomic E-state index is 0.141. The fourth-order valence-corrected chi connectivity index (χ4v) is 2.63. The molecule has 0 radical (unpaired) electrons. The predicted octanol–water partition coefficient (Wildman–Crippen LogP) is 3.52. The quantitative estimate of drug-likeness (QED) is 0.804. The number of aromatic nitrogens is 2. The van der Waals surface area contributed by atoms with Gasteiger partial charge in [-0.25, -0.2) is 4.68 Å². The Morgan fingerprint density at radius 2 is 2.22 bits per heavy atom. The lowest BCUT2D eigenvalue weighted by Gasteiger charge is -2.09. The van der Waals surface area contributed by atoms with Crippen molar-refractivity contribution >= 4 is 29.1 Å². The van der Waals surface area contributed by atoms with Gasteiger partial charge in [-0.1, -0.05) is 29.4 Å². The Hall–Kier alpha value is -1.26. The van der Waals surface area contributed by atoms with E-state index in [4.69, 9.17) is 11.6 Å². The Morgan fingerprint density at radius 3 is 2.89 bits per heavy atom. The predicted molar refractivity (Wildman–Crippen MR) is 74.7 cm³/mol. The monoisotopic (exact) mass is 280 g/mol. The highest BCUT2D eigenvalue weighted by atomic mass is 35.5. The minimum atomic E-state index is 0.141. The first-order chi connectivity index (χ1) is 8.58. The van der Waals surface area contributed by atoms with Crippen molar-refractivity contribution < 1.29 is 4.79 Å². The fraction of sp³-hybridized carbons (Fsp3) is 0.231. The number of thioether (sulfide) groups is 1. The maximum Gasteiger partial charge on any atom is 0.140 e. The SMILES string of the molecule is CC(=O)CSc1ccnn1-c1ccc(C)cc1Cl. The third kappa shape index (κ3) is 2.94. The maximum absolute atomic E-state index is 11.0. The number of carbonyl (C=O) groups is 1. The molecule has 0 spiro atoms. The van der Waals surface area contributed by atoms with Crippen molar-refractivity contribution in [1.82, 2.24) is 9.78 Å². The van der Waals surface area contributed by atoms with Crippen molar-refractivity contribution in [3.63, 3.8) is 0 Å². The van der Waals surface area contributed by atoms with E-state index in [1.165, 1.54) is 11.8 Å². The number of rotatable bonds is 4. The third-order valence-corrected chi connectivity index (χ3v) is 3.82. The van der Waals surface area contributed by atoms with Crippen molar-refractivity contribution in [3.05, 3.63) is 41.0 Å². The molecule has 0 aliphatic heterocycles. The molecule has 18 heavy (non-hydrogen) atoms. The lowest BCUT2D eigenvalue weighted by Crippen LogP contribution is -2.01. The lowest BCUT2D eigenvalue weighted by atomic mass is 10.2. The zero-order valence-electron chi connectivity index (χ0n) is 10.2. The van der Waals surface area contributed by atoms with Crippen molar-refractivity contribution in [2.45, 2.75) is 18.9 Å². The first kappa shape index (κ1) is 13.2. The summed E-state index contributed by atoms with van der Waals surface area (Å²) in [6.07, 6.45) is 1.71. The molecule has 0 aliphatic carbocycles. The molecule has 2 aromatic rings. The number of hydrogen-bond acceptors (Lipinski definition) is 3. The summed E-state index contributed by atoms with van der Waals surface area (Å²) in [5, 5.41) is 5.82. The molecule has 0 amide bonds. The molecule has 94 valence electrons. The van der Waals surface area contributed by atoms with Crippen LogP contribution in [0.5, 0.6) is 0 Å². The van der Waals surface area contributed by atoms with Gasteiger partial charge in [0, 0.05) is 0 Å². The molecular weight excluding hydrogens is 268 g/mol. The molecule has 0 N–H and O–H groups in total. The number of aryl methyl sites for hydroxylation is 1. The van der Waals surface area contributed by atoms with E-state index >= 15 is 0 Å². The summed E-state index contributed by atoms with van der Waals surface area (Å²) in [4.78, 5) is 11.0. The first-order valence-corrected chi connectivity index (χ1v) is 6.87. The Bertz CT molecular complexity index is 580. The molecule has 0 aliphatic rings. The average Bonchev–Trinajstić information content (AvgIpc) is 2.74. The number of Topliss-reactive ketones (excluding diaryl/α,β-unsaturated/α-hetero) is 1. The van der Waals surface area contributed by atoms with Gasteiger partial charge in [0.05, 0.1) is 22.7 Å². The van der Waals surface area contributed by atoms with Crippen LogP contribution >= 0.6 is 23.4 Å². The molecule has 5 heteroatoms. The smallest absolute Gasteiger partial charge is 0.140 e. The number of nitrogens with zero attached hydrogens (tertiary/aromatic N) is 2. The van der Waals surface area contributed by atoms with Crippen LogP contribution in [0.25, 0.3) is 5.69 Å². The second kappa shape index (κ2) is 5.59. The second-order valence-electron chi connectivity index (χ2n) is 4.03. The lowest BCUT2D eigenvalue weighted by molar-refractivity contribution is -0.114. The second-order valence-corrected chi connectivity index (χ2v) is 5.43. The van der Waals surface area contributed by atoms with Crippen molar-refractivity contribution in [3.8, 4) is 5.69 Å². The molecule has 0 fully saturated rings. The van der Waals surface area contributed by atoms with Crippen LogP contribution in [0.3, 0.4) is 0 Å². The van der Waals surface area contributed by atoms with Gasteiger partial charge < -0.3 is 0 Å². The zero-order valence-corrected chi connectivity index (χ0v) is 11.8. The van der Waals surface area contributed by atoms with Gasteiger partial charge in [-0.05, 0) is 37.6 Å². The van der Waals surface area contributed by atoms with Crippen LogP contribution in [0.4, 0.5) is 0 Å². The van der Waals surface area contributed by atoms with Crippen molar-refractivity contribution in [2.75, 3.05) is 5.75 Å². The van der Waals surface area contributed by atoms with E-state index in [0.717, 1.165) is 16.3 Å². The van der Waals surface area contributed by atoms with Gasteiger partial charge in [-0.3, -0.25) is 4.79 Å².